The standard InChI is InChI=1S/C8H10N2OS/c1-3-4-7(11)10(2)8-9-5-6-12-8/h3,5-6H,1,4H2,2H3. The van der Waals surface area contributed by atoms with Gasteiger partial charge in [-0.2, -0.15) is 0 Å². The molecule has 0 aliphatic heterocycles. The van der Waals surface area contributed by atoms with Crippen LogP contribution in [0.4, 0.5) is 5.13 Å². The molecule has 1 aromatic rings. The van der Waals surface area contributed by atoms with E-state index in [1.54, 1.807) is 19.3 Å². The van der Waals surface area contributed by atoms with Crippen LogP contribution in [0.1, 0.15) is 6.42 Å². The van der Waals surface area contributed by atoms with Crippen molar-refractivity contribution in [3.63, 3.8) is 0 Å². The second-order valence-electron chi connectivity index (χ2n) is 2.26. The van der Waals surface area contributed by atoms with Gasteiger partial charge < -0.3 is 0 Å². The second-order valence-corrected chi connectivity index (χ2v) is 3.13. The molecule has 64 valence electrons. The maximum Gasteiger partial charge on any atom is 0.232 e. The van der Waals surface area contributed by atoms with Crippen LogP contribution in [0.5, 0.6) is 0 Å². The van der Waals surface area contributed by atoms with Gasteiger partial charge in [0.25, 0.3) is 0 Å². The summed E-state index contributed by atoms with van der Waals surface area (Å²) in [6.07, 6.45) is 3.63. The van der Waals surface area contributed by atoms with Crippen molar-refractivity contribution < 1.29 is 4.79 Å². The first-order valence-corrected chi connectivity index (χ1v) is 4.40. The molecule has 0 bridgehead atoms. The maximum atomic E-state index is 11.3. The van der Waals surface area contributed by atoms with Crippen LogP contribution in [0.2, 0.25) is 0 Å². The van der Waals surface area contributed by atoms with Crippen molar-refractivity contribution in [2.75, 3.05) is 11.9 Å². The van der Waals surface area contributed by atoms with Crippen LogP contribution in [0, 0.1) is 0 Å². The summed E-state index contributed by atoms with van der Waals surface area (Å²) >= 11 is 1.44. The number of aromatic nitrogens is 1. The molecule has 0 unspecified atom stereocenters. The maximum absolute atomic E-state index is 11.3. The topological polar surface area (TPSA) is 33.2 Å². The SMILES string of the molecule is C=CCC(=O)N(C)c1nccs1. The van der Waals surface area contributed by atoms with Crippen molar-refractivity contribution in [2.45, 2.75) is 6.42 Å². The van der Waals surface area contributed by atoms with Gasteiger partial charge in [0.1, 0.15) is 0 Å². The molecule has 0 aromatic carbocycles. The van der Waals surface area contributed by atoms with Crippen LogP contribution in [0.15, 0.2) is 24.2 Å². The number of hydrogen-bond donors (Lipinski definition) is 0. The minimum Gasteiger partial charge on any atom is -0.291 e. The zero-order valence-corrected chi connectivity index (χ0v) is 7.67. The first-order valence-electron chi connectivity index (χ1n) is 3.52. The lowest BCUT2D eigenvalue weighted by Crippen LogP contribution is -2.24. The van der Waals surface area contributed by atoms with Gasteiger partial charge in [0.05, 0.1) is 0 Å². The van der Waals surface area contributed by atoms with Gasteiger partial charge in [-0.3, -0.25) is 9.69 Å². The minimum absolute atomic E-state index is 0.0138. The van der Waals surface area contributed by atoms with Gasteiger partial charge in [0.2, 0.25) is 5.91 Å². The molecule has 1 amide bonds. The number of thiazole rings is 1. The molecular weight excluding hydrogens is 172 g/mol. The van der Waals surface area contributed by atoms with Crippen LogP contribution in [0.25, 0.3) is 0 Å². The minimum atomic E-state index is 0.0138. The molecule has 0 radical (unpaired) electrons. The summed E-state index contributed by atoms with van der Waals surface area (Å²) in [6.45, 7) is 3.50. The summed E-state index contributed by atoms with van der Waals surface area (Å²) in [5.41, 5.74) is 0. The van der Waals surface area contributed by atoms with Gasteiger partial charge in [-0.15, -0.1) is 17.9 Å². The lowest BCUT2D eigenvalue weighted by atomic mass is 10.4. The Morgan fingerprint density at radius 3 is 3.17 bits per heavy atom. The fourth-order valence-electron chi connectivity index (χ4n) is 0.749. The molecule has 3 nitrogen and oxygen atoms in total. The van der Waals surface area contributed by atoms with E-state index in [1.807, 2.05) is 5.38 Å². The van der Waals surface area contributed by atoms with Gasteiger partial charge in [-0.05, 0) is 0 Å². The third kappa shape index (κ3) is 1.92. The molecule has 1 aromatic heterocycles. The summed E-state index contributed by atoms with van der Waals surface area (Å²) in [6, 6.07) is 0. The third-order valence-corrected chi connectivity index (χ3v) is 2.25. The zero-order valence-electron chi connectivity index (χ0n) is 6.86. The highest BCUT2D eigenvalue weighted by Gasteiger charge is 2.10. The predicted molar refractivity (Wildman–Crippen MR) is 50.3 cm³/mol. The summed E-state index contributed by atoms with van der Waals surface area (Å²) in [4.78, 5) is 16.8. The first kappa shape index (κ1) is 8.93. The average Bonchev–Trinajstić information content (AvgIpc) is 2.55. The van der Waals surface area contributed by atoms with Crippen LogP contribution in [0.3, 0.4) is 0 Å². The molecule has 0 atom stereocenters. The van der Waals surface area contributed by atoms with Gasteiger partial charge in [-0.1, -0.05) is 6.08 Å². The molecule has 12 heavy (non-hydrogen) atoms. The number of nitrogens with zero attached hydrogens (tertiary/aromatic N) is 2. The van der Waals surface area contributed by atoms with Crippen LogP contribution < -0.4 is 4.90 Å². The molecule has 0 aliphatic carbocycles. The number of amides is 1. The van der Waals surface area contributed by atoms with E-state index in [0.29, 0.717) is 6.42 Å². The van der Waals surface area contributed by atoms with E-state index >= 15 is 0 Å². The molecule has 1 rings (SSSR count). The zero-order chi connectivity index (χ0) is 8.97. The Labute approximate surface area is 75.3 Å². The summed E-state index contributed by atoms with van der Waals surface area (Å²) in [7, 11) is 1.71. The molecule has 0 N–H and O–H groups in total. The van der Waals surface area contributed by atoms with E-state index in [2.05, 4.69) is 11.6 Å². The molecule has 0 saturated carbocycles. The van der Waals surface area contributed by atoms with Crippen molar-refractivity contribution in [3.8, 4) is 0 Å². The van der Waals surface area contributed by atoms with Crippen molar-refractivity contribution in [2.24, 2.45) is 0 Å². The van der Waals surface area contributed by atoms with E-state index in [9.17, 15) is 4.79 Å². The number of carbonyl (C=O) groups is 1. The predicted octanol–water partition coefficient (Wildman–Crippen LogP) is 1.68. The van der Waals surface area contributed by atoms with E-state index in [-0.39, 0.29) is 5.91 Å². The summed E-state index contributed by atoms with van der Waals surface area (Å²) in [5, 5.41) is 2.56. The Kier molecular flexibility index (Phi) is 2.99. The Balaban J connectivity index is 2.65. The monoisotopic (exact) mass is 182 g/mol. The lowest BCUT2D eigenvalue weighted by molar-refractivity contribution is -0.117. The highest BCUT2D eigenvalue weighted by molar-refractivity contribution is 7.13. The van der Waals surface area contributed by atoms with E-state index in [0.717, 1.165) is 5.13 Å². The quantitative estimate of drug-likeness (QED) is 0.666. The van der Waals surface area contributed by atoms with Crippen molar-refractivity contribution in [1.29, 1.82) is 0 Å². The van der Waals surface area contributed by atoms with Crippen molar-refractivity contribution in [3.05, 3.63) is 24.2 Å². The Morgan fingerprint density at radius 1 is 1.92 bits per heavy atom. The van der Waals surface area contributed by atoms with E-state index < -0.39 is 0 Å². The summed E-state index contributed by atoms with van der Waals surface area (Å²) < 4.78 is 0. The molecule has 0 aliphatic rings. The molecule has 4 heteroatoms. The van der Waals surface area contributed by atoms with Crippen molar-refractivity contribution >= 4 is 22.4 Å². The van der Waals surface area contributed by atoms with Gasteiger partial charge in [0.15, 0.2) is 5.13 Å². The van der Waals surface area contributed by atoms with Gasteiger partial charge in [-0.25, -0.2) is 4.98 Å². The molecular formula is C8H10N2OS. The smallest absolute Gasteiger partial charge is 0.232 e. The fourth-order valence-corrected chi connectivity index (χ4v) is 1.37. The highest BCUT2D eigenvalue weighted by Crippen LogP contribution is 2.15. The number of carbonyl (C=O) groups excluding carboxylic acids is 1. The van der Waals surface area contributed by atoms with Crippen LogP contribution >= 0.6 is 11.3 Å². The van der Waals surface area contributed by atoms with Gasteiger partial charge >= 0.3 is 0 Å². The van der Waals surface area contributed by atoms with Crippen LogP contribution in [-0.4, -0.2) is 17.9 Å². The van der Waals surface area contributed by atoms with Crippen molar-refractivity contribution in [1.82, 2.24) is 4.98 Å². The molecule has 0 saturated heterocycles. The number of anilines is 1. The molecule has 0 spiro atoms. The van der Waals surface area contributed by atoms with Crippen LogP contribution in [-0.2, 0) is 4.79 Å². The Morgan fingerprint density at radius 2 is 2.67 bits per heavy atom. The number of hydrogen-bond acceptors (Lipinski definition) is 3. The van der Waals surface area contributed by atoms with E-state index in [1.165, 1.54) is 16.2 Å². The highest BCUT2D eigenvalue weighted by atomic mass is 32.1. The number of rotatable bonds is 3. The molecule has 0 fully saturated rings. The third-order valence-electron chi connectivity index (χ3n) is 1.40. The van der Waals surface area contributed by atoms with Gasteiger partial charge in [0, 0.05) is 25.0 Å². The largest absolute Gasteiger partial charge is 0.291 e. The Bertz CT molecular complexity index is 269. The second kappa shape index (κ2) is 4.01. The fraction of sp³-hybridized carbons (Fsp3) is 0.250. The average molecular weight is 182 g/mol. The molecule has 1 heterocycles. The Hall–Kier alpha value is -1.16. The summed E-state index contributed by atoms with van der Waals surface area (Å²) in [5.74, 6) is 0.0138. The normalized spacial score (nSPS) is 9.42. The first-order chi connectivity index (χ1) is 5.75. The lowest BCUT2D eigenvalue weighted by Gasteiger charge is -2.11. The van der Waals surface area contributed by atoms with E-state index in [4.69, 9.17) is 0 Å².